The largest absolute Gasteiger partial charge is 0.390 e. The van der Waals surface area contributed by atoms with Crippen LogP contribution in [0.3, 0.4) is 0 Å². The Balaban J connectivity index is -0.0000000816. The van der Waals surface area contributed by atoms with E-state index in [1.54, 1.807) is 38.1 Å². The van der Waals surface area contributed by atoms with E-state index in [2.05, 4.69) is 36.4 Å². The molecule has 4 nitrogen and oxygen atoms in total. The van der Waals surface area contributed by atoms with E-state index in [0.29, 0.717) is 0 Å². The first-order chi connectivity index (χ1) is 27.3. The summed E-state index contributed by atoms with van der Waals surface area (Å²) < 4.78 is 0. The molecule has 0 aliphatic carbocycles. The molecule has 4 N–H and O–H groups in total. The first kappa shape index (κ1) is 70.0. The van der Waals surface area contributed by atoms with E-state index in [4.69, 9.17) is 10.2 Å². The lowest BCUT2D eigenvalue weighted by atomic mass is 10.1. The predicted molar refractivity (Wildman–Crippen MR) is 259 cm³/mol. The van der Waals surface area contributed by atoms with Gasteiger partial charge in [-0.25, -0.2) is 0 Å². The molecule has 4 aromatic carbocycles. The lowest BCUT2D eigenvalue weighted by molar-refractivity contribution is 0.0305. The number of aliphatic hydroxyl groups excluding tert-OH is 4. The number of aliphatic hydroxyl groups is 4. The summed E-state index contributed by atoms with van der Waals surface area (Å²) >= 11 is 0. The lowest BCUT2D eigenvalue weighted by Crippen LogP contribution is -2.13. The molecule has 0 aliphatic rings. The van der Waals surface area contributed by atoms with Crippen molar-refractivity contribution in [3.05, 3.63) is 156 Å². The van der Waals surface area contributed by atoms with Crippen LogP contribution in [0.25, 0.3) is 12.2 Å². The third kappa shape index (κ3) is 48.2. The standard InChI is InChI=1S/2C9H12O2.2C9H10.8C2H6/c2*1-7(10)9(11)8-5-3-2-4-6-8;2*1-2-6-9-7-4-3-5-8-9;8*1-2/h2*2-7,9-11H,1H3;2*2-8H,1H3;8*1-2H3/b;;2*6-2+;;;;;;;;. The normalized spacial score (nSPS) is 10.4. The van der Waals surface area contributed by atoms with Crippen molar-refractivity contribution in [2.75, 3.05) is 0 Å². The quantitative estimate of drug-likeness (QED) is 0.157. The summed E-state index contributed by atoms with van der Waals surface area (Å²) in [5.74, 6) is 0. The van der Waals surface area contributed by atoms with Crippen LogP contribution >= 0.6 is 0 Å². The molecular weight excluding hydrogens is 689 g/mol. The van der Waals surface area contributed by atoms with Crippen LogP contribution in [0.5, 0.6) is 0 Å². The average molecular weight is 781 g/mol. The summed E-state index contributed by atoms with van der Waals surface area (Å²) in [5, 5.41) is 36.7. The Labute approximate surface area is 350 Å². The minimum atomic E-state index is -0.767. The Kier molecular flexibility index (Phi) is 82.6. The number of rotatable bonds is 6. The zero-order valence-electron chi connectivity index (χ0n) is 40.0. The van der Waals surface area contributed by atoms with Crippen molar-refractivity contribution in [3.63, 3.8) is 0 Å². The highest BCUT2D eigenvalue weighted by Crippen LogP contribution is 2.16. The van der Waals surface area contributed by atoms with Gasteiger partial charge in [0.25, 0.3) is 0 Å². The third-order valence-electron chi connectivity index (χ3n) is 5.51. The highest BCUT2D eigenvalue weighted by atomic mass is 16.3. The molecule has 0 saturated heterocycles. The van der Waals surface area contributed by atoms with Gasteiger partial charge in [-0.2, -0.15) is 0 Å². The number of allylic oxidation sites excluding steroid dienone is 2. The van der Waals surface area contributed by atoms with Gasteiger partial charge in [0, 0.05) is 0 Å². The second kappa shape index (κ2) is 66.0. The van der Waals surface area contributed by atoms with Gasteiger partial charge in [-0.05, 0) is 49.9 Å². The fourth-order valence-corrected chi connectivity index (χ4v) is 3.37. The zero-order valence-corrected chi connectivity index (χ0v) is 40.0. The van der Waals surface area contributed by atoms with Crippen molar-refractivity contribution in [2.24, 2.45) is 0 Å². The Hall–Kier alpha value is -3.80. The van der Waals surface area contributed by atoms with Gasteiger partial charge in [0.15, 0.2) is 0 Å². The van der Waals surface area contributed by atoms with Gasteiger partial charge in [0.05, 0.1) is 12.2 Å². The molecule has 0 aliphatic heterocycles. The smallest absolute Gasteiger partial charge is 0.105 e. The van der Waals surface area contributed by atoms with Crippen molar-refractivity contribution in [3.8, 4) is 0 Å². The van der Waals surface area contributed by atoms with Gasteiger partial charge in [0.2, 0.25) is 0 Å². The van der Waals surface area contributed by atoms with E-state index < -0.39 is 24.4 Å². The molecule has 56 heavy (non-hydrogen) atoms. The summed E-state index contributed by atoms with van der Waals surface area (Å²) in [5.41, 5.74) is 4.03. The maximum absolute atomic E-state index is 9.35. The van der Waals surface area contributed by atoms with Gasteiger partial charge in [-0.1, -0.05) is 256 Å². The Morgan fingerprint density at radius 2 is 0.500 bits per heavy atom. The van der Waals surface area contributed by atoms with E-state index in [1.807, 2.05) is 210 Å². The van der Waals surface area contributed by atoms with Crippen molar-refractivity contribution in [1.29, 1.82) is 0 Å². The van der Waals surface area contributed by atoms with Gasteiger partial charge in [-0.3, -0.25) is 0 Å². The van der Waals surface area contributed by atoms with Crippen LogP contribution in [0.2, 0.25) is 0 Å². The Morgan fingerprint density at radius 3 is 0.661 bits per heavy atom. The molecule has 0 bridgehead atoms. The minimum Gasteiger partial charge on any atom is -0.390 e. The fourth-order valence-electron chi connectivity index (χ4n) is 3.37. The molecule has 4 heteroatoms. The summed E-state index contributed by atoms with van der Waals surface area (Å²) in [6.07, 6.45) is 5.28. The van der Waals surface area contributed by atoms with Crippen LogP contribution in [-0.4, -0.2) is 32.6 Å². The molecular formula is C52H92O4. The fraction of sp³-hybridized carbons (Fsp3) is 0.462. The van der Waals surface area contributed by atoms with Crippen molar-refractivity contribution < 1.29 is 20.4 Å². The third-order valence-corrected chi connectivity index (χ3v) is 5.51. The molecule has 4 atom stereocenters. The molecule has 0 spiro atoms. The molecule has 0 radical (unpaired) electrons. The predicted octanol–water partition coefficient (Wildman–Crippen LogP) is 15.9. The van der Waals surface area contributed by atoms with Crippen LogP contribution in [0, 0.1) is 0 Å². The molecule has 324 valence electrons. The number of hydrogen-bond donors (Lipinski definition) is 4. The van der Waals surface area contributed by atoms with E-state index in [9.17, 15) is 10.2 Å². The molecule has 4 rings (SSSR count). The Bertz CT molecular complexity index is 1080. The maximum Gasteiger partial charge on any atom is 0.105 e. The maximum atomic E-state index is 9.35. The molecule has 0 fully saturated rings. The topological polar surface area (TPSA) is 80.9 Å². The number of hydrogen-bond acceptors (Lipinski definition) is 4. The Morgan fingerprint density at radius 1 is 0.321 bits per heavy atom. The van der Waals surface area contributed by atoms with Gasteiger partial charge in [-0.15, -0.1) is 0 Å². The lowest BCUT2D eigenvalue weighted by Gasteiger charge is -2.12. The summed E-state index contributed by atoms with van der Waals surface area (Å²) in [6, 6.07) is 38.8. The molecule has 4 aromatic rings. The molecule has 0 saturated carbocycles. The molecule has 0 amide bonds. The highest BCUT2D eigenvalue weighted by molar-refractivity contribution is 5.48. The zero-order chi connectivity index (χ0) is 45.6. The van der Waals surface area contributed by atoms with E-state index in [0.717, 1.165) is 11.1 Å². The number of benzene rings is 4. The van der Waals surface area contributed by atoms with Crippen LogP contribution in [0.1, 0.15) is 173 Å². The molecule has 0 heterocycles. The first-order valence-electron chi connectivity index (χ1n) is 21.5. The van der Waals surface area contributed by atoms with Crippen molar-refractivity contribution in [2.45, 2.75) is 163 Å². The van der Waals surface area contributed by atoms with E-state index >= 15 is 0 Å². The van der Waals surface area contributed by atoms with E-state index in [1.165, 1.54) is 11.1 Å². The van der Waals surface area contributed by atoms with Crippen LogP contribution < -0.4 is 0 Å². The van der Waals surface area contributed by atoms with Crippen LogP contribution in [0.15, 0.2) is 133 Å². The minimum absolute atomic E-state index is 0.711. The van der Waals surface area contributed by atoms with Crippen LogP contribution in [-0.2, 0) is 0 Å². The second-order valence-corrected chi connectivity index (χ2v) is 9.01. The van der Waals surface area contributed by atoms with Crippen molar-refractivity contribution in [1.82, 2.24) is 0 Å². The van der Waals surface area contributed by atoms with Crippen LogP contribution in [0.4, 0.5) is 0 Å². The van der Waals surface area contributed by atoms with E-state index in [-0.39, 0.29) is 0 Å². The first-order valence-corrected chi connectivity index (χ1v) is 21.5. The van der Waals surface area contributed by atoms with Crippen molar-refractivity contribution >= 4 is 12.2 Å². The molecule has 0 aromatic heterocycles. The monoisotopic (exact) mass is 781 g/mol. The van der Waals surface area contributed by atoms with Gasteiger partial charge < -0.3 is 20.4 Å². The van der Waals surface area contributed by atoms with Gasteiger partial charge >= 0.3 is 0 Å². The molecule has 4 unspecified atom stereocenters. The van der Waals surface area contributed by atoms with Gasteiger partial charge in [0.1, 0.15) is 12.2 Å². The summed E-state index contributed by atoms with van der Waals surface area (Å²) in [7, 11) is 0. The highest BCUT2D eigenvalue weighted by Gasteiger charge is 2.12. The summed E-state index contributed by atoms with van der Waals surface area (Å²) in [4.78, 5) is 0. The second-order valence-electron chi connectivity index (χ2n) is 9.01. The summed E-state index contributed by atoms with van der Waals surface area (Å²) in [6.45, 7) is 39.2. The average Bonchev–Trinajstić information content (AvgIpc) is 3.31. The SMILES string of the molecule is C/C=C/c1ccccc1.C/C=C/c1ccccc1.CC.CC.CC.CC.CC.CC.CC.CC.CC(O)C(O)c1ccccc1.CC(O)C(O)c1ccccc1.